The van der Waals surface area contributed by atoms with Crippen LogP contribution in [0.4, 0.5) is 0 Å². The van der Waals surface area contributed by atoms with Crippen LogP contribution < -0.4 is 10.6 Å². The fourth-order valence-corrected chi connectivity index (χ4v) is 3.18. The minimum atomic E-state index is 0.211. The first kappa shape index (κ1) is 14.8. The molecule has 0 radical (unpaired) electrons. The molecule has 2 unspecified atom stereocenters. The SMILES string of the molecule is CC1CCCN(CCCCNC(=O)C2CCNC2)C1. The lowest BCUT2D eigenvalue weighted by Gasteiger charge is -2.30. The maximum absolute atomic E-state index is 11.8. The van der Waals surface area contributed by atoms with Crippen molar-refractivity contribution in [3.8, 4) is 0 Å². The number of carbonyl (C=O) groups excluding carboxylic acids is 1. The Morgan fingerprint density at radius 2 is 2.26 bits per heavy atom. The number of amides is 1. The van der Waals surface area contributed by atoms with E-state index in [-0.39, 0.29) is 11.8 Å². The number of nitrogens with zero attached hydrogens (tertiary/aromatic N) is 1. The largest absolute Gasteiger partial charge is 0.356 e. The summed E-state index contributed by atoms with van der Waals surface area (Å²) in [5, 5.41) is 6.31. The lowest BCUT2D eigenvalue weighted by Crippen LogP contribution is -2.36. The molecule has 2 N–H and O–H groups in total. The first-order valence-corrected chi connectivity index (χ1v) is 7.96. The molecule has 2 aliphatic heterocycles. The smallest absolute Gasteiger partial charge is 0.224 e. The van der Waals surface area contributed by atoms with E-state index in [1.807, 2.05) is 0 Å². The van der Waals surface area contributed by atoms with Crippen LogP contribution in [0.15, 0.2) is 0 Å². The predicted molar refractivity (Wildman–Crippen MR) is 78.1 cm³/mol. The van der Waals surface area contributed by atoms with E-state index in [4.69, 9.17) is 0 Å². The predicted octanol–water partition coefficient (Wildman–Crippen LogP) is 1.22. The van der Waals surface area contributed by atoms with Gasteiger partial charge in [-0.3, -0.25) is 4.79 Å². The Bertz CT molecular complexity index is 277. The topological polar surface area (TPSA) is 44.4 Å². The van der Waals surface area contributed by atoms with E-state index in [9.17, 15) is 4.79 Å². The summed E-state index contributed by atoms with van der Waals surface area (Å²) in [6, 6.07) is 0. The second-order valence-corrected chi connectivity index (χ2v) is 6.24. The van der Waals surface area contributed by atoms with Gasteiger partial charge in [0, 0.05) is 19.6 Å². The van der Waals surface area contributed by atoms with Gasteiger partial charge < -0.3 is 15.5 Å². The van der Waals surface area contributed by atoms with E-state index in [0.717, 1.165) is 38.4 Å². The second kappa shape index (κ2) is 7.85. The quantitative estimate of drug-likeness (QED) is 0.711. The van der Waals surface area contributed by atoms with E-state index in [2.05, 4.69) is 22.5 Å². The number of hydrogen-bond donors (Lipinski definition) is 2. The fourth-order valence-electron chi connectivity index (χ4n) is 3.18. The van der Waals surface area contributed by atoms with Crippen LogP contribution in [-0.4, -0.2) is 50.1 Å². The zero-order valence-electron chi connectivity index (χ0n) is 12.3. The summed E-state index contributed by atoms with van der Waals surface area (Å²) in [4.78, 5) is 14.4. The van der Waals surface area contributed by atoms with Crippen molar-refractivity contribution in [2.45, 2.75) is 39.0 Å². The van der Waals surface area contributed by atoms with Crippen LogP contribution in [0.3, 0.4) is 0 Å². The molecule has 110 valence electrons. The highest BCUT2D eigenvalue weighted by Gasteiger charge is 2.21. The molecule has 19 heavy (non-hydrogen) atoms. The van der Waals surface area contributed by atoms with Crippen LogP contribution in [0.5, 0.6) is 0 Å². The van der Waals surface area contributed by atoms with E-state index >= 15 is 0 Å². The molecule has 2 fully saturated rings. The molecule has 2 atom stereocenters. The molecule has 0 aliphatic carbocycles. The highest BCUT2D eigenvalue weighted by Crippen LogP contribution is 2.15. The first-order chi connectivity index (χ1) is 9.25. The summed E-state index contributed by atoms with van der Waals surface area (Å²) >= 11 is 0. The third-order valence-electron chi connectivity index (χ3n) is 4.37. The highest BCUT2D eigenvalue weighted by molar-refractivity contribution is 5.79. The van der Waals surface area contributed by atoms with Gasteiger partial charge in [-0.05, 0) is 57.7 Å². The van der Waals surface area contributed by atoms with Crippen LogP contribution in [0.2, 0.25) is 0 Å². The van der Waals surface area contributed by atoms with Crippen LogP contribution in [0, 0.1) is 11.8 Å². The Hall–Kier alpha value is -0.610. The molecule has 2 rings (SSSR count). The standard InChI is InChI=1S/C15H29N3O/c1-13-5-4-10-18(12-13)9-3-2-7-17-15(19)14-6-8-16-11-14/h13-14,16H,2-12H2,1H3,(H,17,19). The number of unbranched alkanes of at least 4 members (excludes halogenated alkanes) is 1. The molecule has 4 nitrogen and oxygen atoms in total. The summed E-state index contributed by atoms with van der Waals surface area (Å²) in [6.45, 7) is 8.78. The number of carbonyl (C=O) groups is 1. The van der Waals surface area contributed by atoms with E-state index < -0.39 is 0 Å². The van der Waals surface area contributed by atoms with Crippen molar-refractivity contribution in [2.24, 2.45) is 11.8 Å². The molecule has 2 saturated heterocycles. The normalized spacial score (nSPS) is 28.5. The number of likely N-dealkylation sites (tertiary alicyclic amines) is 1. The molecule has 0 saturated carbocycles. The van der Waals surface area contributed by atoms with Gasteiger partial charge in [0.05, 0.1) is 5.92 Å². The number of nitrogens with one attached hydrogen (secondary N) is 2. The molecule has 0 aromatic rings. The summed E-state index contributed by atoms with van der Waals surface area (Å²) in [6.07, 6.45) is 6.05. The molecular weight excluding hydrogens is 238 g/mol. The van der Waals surface area contributed by atoms with Gasteiger partial charge in [0.15, 0.2) is 0 Å². The van der Waals surface area contributed by atoms with Gasteiger partial charge >= 0.3 is 0 Å². The lowest BCUT2D eigenvalue weighted by molar-refractivity contribution is -0.124. The van der Waals surface area contributed by atoms with Crippen molar-refractivity contribution >= 4 is 5.91 Å². The number of rotatable bonds is 6. The third-order valence-corrected chi connectivity index (χ3v) is 4.37. The maximum atomic E-state index is 11.8. The second-order valence-electron chi connectivity index (χ2n) is 6.24. The van der Waals surface area contributed by atoms with Gasteiger partial charge in [-0.2, -0.15) is 0 Å². The summed E-state index contributed by atoms with van der Waals surface area (Å²) in [5.41, 5.74) is 0. The van der Waals surface area contributed by atoms with Crippen LogP contribution in [-0.2, 0) is 4.79 Å². The van der Waals surface area contributed by atoms with Gasteiger partial charge in [0.25, 0.3) is 0 Å². The van der Waals surface area contributed by atoms with E-state index in [1.165, 1.54) is 38.9 Å². The summed E-state index contributed by atoms with van der Waals surface area (Å²) in [5.74, 6) is 1.32. The molecular formula is C15H29N3O. The zero-order valence-corrected chi connectivity index (χ0v) is 12.3. The van der Waals surface area contributed by atoms with Crippen molar-refractivity contribution in [1.29, 1.82) is 0 Å². The van der Waals surface area contributed by atoms with Crippen LogP contribution in [0.1, 0.15) is 39.0 Å². The van der Waals surface area contributed by atoms with Gasteiger partial charge in [0.2, 0.25) is 5.91 Å². The molecule has 2 aliphatic rings. The van der Waals surface area contributed by atoms with Crippen molar-refractivity contribution < 1.29 is 4.79 Å². The van der Waals surface area contributed by atoms with Crippen molar-refractivity contribution in [2.75, 3.05) is 39.3 Å². The molecule has 0 bridgehead atoms. The van der Waals surface area contributed by atoms with E-state index in [1.54, 1.807) is 0 Å². The average molecular weight is 267 g/mol. The Kier molecular flexibility index (Phi) is 6.11. The maximum Gasteiger partial charge on any atom is 0.224 e. The van der Waals surface area contributed by atoms with Crippen molar-refractivity contribution in [3.05, 3.63) is 0 Å². The molecule has 0 aromatic carbocycles. The van der Waals surface area contributed by atoms with Crippen molar-refractivity contribution in [3.63, 3.8) is 0 Å². The minimum absolute atomic E-state index is 0.211. The molecule has 0 aromatic heterocycles. The third kappa shape index (κ3) is 5.11. The molecule has 2 heterocycles. The Balaban J connectivity index is 1.48. The monoisotopic (exact) mass is 267 g/mol. The Labute approximate surface area is 117 Å². The Morgan fingerprint density at radius 1 is 1.37 bits per heavy atom. The zero-order chi connectivity index (χ0) is 13.5. The molecule has 0 spiro atoms. The average Bonchev–Trinajstić information content (AvgIpc) is 2.92. The lowest BCUT2D eigenvalue weighted by atomic mass is 10.0. The fraction of sp³-hybridized carbons (Fsp3) is 0.933. The number of piperidine rings is 1. The van der Waals surface area contributed by atoms with Crippen molar-refractivity contribution in [1.82, 2.24) is 15.5 Å². The first-order valence-electron chi connectivity index (χ1n) is 7.96. The van der Waals surface area contributed by atoms with Gasteiger partial charge in [-0.25, -0.2) is 0 Å². The number of hydrogen-bond acceptors (Lipinski definition) is 3. The summed E-state index contributed by atoms with van der Waals surface area (Å²) < 4.78 is 0. The van der Waals surface area contributed by atoms with Gasteiger partial charge in [-0.15, -0.1) is 0 Å². The summed E-state index contributed by atoms with van der Waals surface area (Å²) in [7, 11) is 0. The molecule has 1 amide bonds. The highest BCUT2D eigenvalue weighted by atomic mass is 16.1. The minimum Gasteiger partial charge on any atom is -0.356 e. The van der Waals surface area contributed by atoms with Gasteiger partial charge in [-0.1, -0.05) is 6.92 Å². The van der Waals surface area contributed by atoms with E-state index in [0.29, 0.717) is 0 Å². The van der Waals surface area contributed by atoms with Crippen LogP contribution in [0.25, 0.3) is 0 Å². The van der Waals surface area contributed by atoms with Crippen LogP contribution >= 0.6 is 0 Å². The van der Waals surface area contributed by atoms with Gasteiger partial charge in [0.1, 0.15) is 0 Å². The molecule has 4 heteroatoms. The Morgan fingerprint density at radius 3 is 3.00 bits per heavy atom.